The molecule has 0 spiro atoms. The minimum absolute atomic E-state index is 0.750. The van der Waals surface area contributed by atoms with Gasteiger partial charge in [-0.1, -0.05) is 0 Å². The van der Waals surface area contributed by atoms with Gasteiger partial charge in [0.15, 0.2) is 0 Å². The second-order valence-corrected chi connectivity index (χ2v) is 3.15. The van der Waals surface area contributed by atoms with E-state index in [9.17, 15) is 0 Å². The summed E-state index contributed by atoms with van der Waals surface area (Å²) in [6.45, 7) is 2.05. The average Bonchev–Trinajstić information content (AvgIpc) is 1.88. The molecule has 0 aliphatic rings. The van der Waals surface area contributed by atoms with Crippen molar-refractivity contribution >= 4 is 20.1 Å². The van der Waals surface area contributed by atoms with Gasteiger partial charge in [0.1, 0.15) is 0 Å². The van der Waals surface area contributed by atoms with Crippen LogP contribution in [0, 0.1) is 6.92 Å². The zero-order valence-electron chi connectivity index (χ0n) is 5.79. The van der Waals surface area contributed by atoms with Gasteiger partial charge in [0.25, 0.3) is 0 Å². The predicted octanol–water partition coefficient (Wildman–Crippen LogP) is 0.600. The first-order valence-electron chi connectivity index (χ1n) is 3.06. The fourth-order valence-electron chi connectivity index (χ4n) is 0.718. The van der Waals surface area contributed by atoms with Crippen LogP contribution in [0.2, 0.25) is 0 Å². The molecule has 0 amide bonds. The Kier molecular flexibility index (Phi) is 2.25. The van der Waals surface area contributed by atoms with E-state index in [2.05, 4.69) is 22.5 Å². The van der Waals surface area contributed by atoms with Crippen LogP contribution in [0.1, 0.15) is 11.1 Å². The van der Waals surface area contributed by atoms with Gasteiger partial charge in [0, 0.05) is 0 Å². The van der Waals surface area contributed by atoms with Crippen molar-refractivity contribution in [3.05, 3.63) is 35.4 Å². The van der Waals surface area contributed by atoms with Gasteiger partial charge in [0.05, 0.1) is 0 Å². The molecule has 52 valence electrons. The van der Waals surface area contributed by atoms with E-state index < -0.39 is 0 Å². The Morgan fingerprint density at radius 1 is 1.30 bits per heavy atom. The number of nitrogens with two attached hydrogens (primary N) is 1. The zero-order valence-corrected chi connectivity index (χ0v) is 7.51. The summed E-state index contributed by atoms with van der Waals surface area (Å²) >= 11 is 2.77. The molecule has 1 aromatic rings. The van der Waals surface area contributed by atoms with Crippen molar-refractivity contribution < 1.29 is 0 Å². The van der Waals surface area contributed by atoms with Gasteiger partial charge in [-0.25, -0.2) is 0 Å². The third kappa shape index (κ3) is 1.69. The van der Waals surface area contributed by atoms with Crippen LogP contribution in [0.15, 0.2) is 24.3 Å². The summed E-state index contributed by atoms with van der Waals surface area (Å²) in [7, 11) is 0. The molecule has 0 aromatic heterocycles. The normalized spacial score (nSPS) is 9.30. The predicted molar refractivity (Wildman–Crippen MR) is 45.2 cm³/mol. The van der Waals surface area contributed by atoms with Crippen LogP contribution < -0.4 is 5.73 Å². The molecule has 0 aliphatic heterocycles. The van der Waals surface area contributed by atoms with Crippen molar-refractivity contribution in [3.8, 4) is 0 Å². The summed E-state index contributed by atoms with van der Waals surface area (Å²) in [5.41, 5.74) is 7.84. The van der Waals surface area contributed by atoms with Gasteiger partial charge < -0.3 is 0 Å². The van der Waals surface area contributed by atoms with Crippen LogP contribution in [0.3, 0.4) is 0 Å². The van der Waals surface area contributed by atoms with E-state index in [0.717, 1.165) is 10.1 Å². The van der Waals surface area contributed by atoms with E-state index in [4.69, 9.17) is 5.73 Å². The molecule has 0 heterocycles. The fourth-order valence-corrected chi connectivity index (χ4v) is 1.00. The Morgan fingerprint density at radius 2 is 1.80 bits per heavy atom. The second-order valence-electron chi connectivity index (χ2n) is 2.23. The molecule has 1 aromatic carbocycles. The summed E-state index contributed by atoms with van der Waals surface area (Å²) in [6.07, 6.45) is 0. The first kappa shape index (κ1) is 7.52. The van der Waals surface area contributed by atoms with Crippen molar-refractivity contribution in [1.82, 2.24) is 0 Å². The first-order chi connectivity index (χ1) is 4.70. The Balaban J connectivity index is 3.00. The summed E-state index contributed by atoms with van der Waals surface area (Å²) < 4.78 is 0.750. The molecule has 10 heavy (non-hydrogen) atoms. The second kappa shape index (κ2) is 3.00. The first-order valence-corrected chi connectivity index (χ1v) is 3.92. The molecule has 0 unspecified atom stereocenters. The number of hydrogen-bond donors (Lipinski definition) is 1. The molecule has 2 heteroatoms. The van der Waals surface area contributed by atoms with E-state index in [1.165, 1.54) is 5.56 Å². The van der Waals surface area contributed by atoms with Gasteiger partial charge in [-0.3, -0.25) is 0 Å². The molecular formula is C8H9NSe. The van der Waals surface area contributed by atoms with Gasteiger partial charge in [0.2, 0.25) is 0 Å². The van der Waals surface area contributed by atoms with E-state index in [1.54, 1.807) is 0 Å². The van der Waals surface area contributed by atoms with Crippen LogP contribution in [-0.2, 0) is 0 Å². The van der Waals surface area contributed by atoms with E-state index in [1.807, 2.05) is 24.3 Å². The zero-order chi connectivity index (χ0) is 7.56. The average molecular weight is 198 g/mol. The number of hydrogen-bond acceptors (Lipinski definition) is 1. The van der Waals surface area contributed by atoms with Crippen LogP contribution in [0.5, 0.6) is 0 Å². The van der Waals surface area contributed by atoms with E-state index >= 15 is 0 Å². The third-order valence-electron chi connectivity index (χ3n) is 1.34. The van der Waals surface area contributed by atoms with Crippen LogP contribution >= 0.6 is 0 Å². The summed E-state index contributed by atoms with van der Waals surface area (Å²) in [4.78, 5) is 0. The summed E-state index contributed by atoms with van der Waals surface area (Å²) in [6, 6.07) is 8.08. The molecule has 0 aliphatic carbocycles. The monoisotopic (exact) mass is 199 g/mol. The summed E-state index contributed by atoms with van der Waals surface area (Å²) in [5.74, 6) is 0. The van der Waals surface area contributed by atoms with Crippen LogP contribution in [0.4, 0.5) is 0 Å². The molecule has 1 rings (SSSR count). The maximum atomic E-state index is 5.52. The Labute approximate surface area is 68.6 Å². The number of rotatable bonds is 1. The van der Waals surface area contributed by atoms with E-state index in [0.29, 0.717) is 0 Å². The molecule has 0 fully saturated rings. The van der Waals surface area contributed by atoms with Crippen molar-refractivity contribution in [2.75, 3.05) is 0 Å². The molecule has 0 radical (unpaired) electrons. The van der Waals surface area contributed by atoms with Gasteiger partial charge in [-0.05, 0) is 0 Å². The van der Waals surface area contributed by atoms with Gasteiger partial charge in [-0.15, -0.1) is 0 Å². The summed E-state index contributed by atoms with van der Waals surface area (Å²) in [5, 5.41) is 0. The SMILES string of the molecule is Cc1ccc(C(N)=[Se])cc1. The minimum atomic E-state index is 0.750. The number of aryl methyl sites for hydroxylation is 1. The van der Waals surface area contributed by atoms with Crippen LogP contribution in [-0.4, -0.2) is 20.1 Å². The molecule has 1 nitrogen and oxygen atoms in total. The fraction of sp³-hybridized carbons (Fsp3) is 0.125. The van der Waals surface area contributed by atoms with Crippen molar-refractivity contribution in [3.63, 3.8) is 0 Å². The van der Waals surface area contributed by atoms with Crippen molar-refractivity contribution in [2.45, 2.75) is 6.92 Å². The topological polar surface area (TPSA) is 26.0 Å². The molecule has 0 saturated carbocycles. The Bertz CT molecular complexity index is 238. The third-order valence-corrected chi connectivity index (χ3v) is 1.83. The van der Waals surface area contributed by atoms with Crippen molar-refractivity contribution in [1.29, 1.82) is 0 Å². The maximum absolute atomic E-state index is 5.52. The molecule has 0 bridgehead atoms. The van der Waals surface area contributed by atoms with Gasteiger partial charge in [-0.2, -0.15) is 0 Å². The molecule has 0 atom stereocenters. The van der Waals surface area contributed by atoms with E-state index in [-0.39, 0.29) is 0 Å². The van der Waals surface area contributed by atoms with Crippen LogP contribution in [0.25, 0.3) is 0 Å². The molecular weight excluding hydrogens is 189 g/mol. The number of benzene rings is 1. The Hall–Kier alpha value is -0.591. The quantitative estimate of drug-likeness (QED) is 0.657. The standard InChI is InChI=1S/C8H9NSe/c1-6-2-4-7(5-3-6)8(9)10/h2-5H,1H3,(H2,9,10). The molecule has 2 N–H and O–H groups in total. The van der Waals surface area contributed by atoms with Gasteiger partial charge >= 0.3 is 68.2 Å². The Morgan fingerprint density at radius 3 is 2.20 bits per heavy atom. The molecule has 0 saturated heterocycles. The van der Waals surface area contributed by atoms with Crippen molar-refractivity contribution in [2.24, 2.45) is 5.73 Å².